The highest BCUT2D eigenvalue weighted by molar-refractivity contribution is 5.80. The van der Waals surface area contributed by atoms with Crippen molar-refractivity contribution in [2.24, 2.45) is 0 Å². The second-order valence-corrected chi connectivity index (χ2v) is 5.83. The van der Waals surface area contributed by atoms with Crippen LogP contribution in [0.2, 0.25) is 0 Å². The number of amides is 1. The van der Waals surface area contributed by atoms with Crippen LogP contribution in [0.4, 0.5) is 4.79 Å². The molecule has 1 aromatic heterocycles. The molecule has 1 fully saturated rings. The molecule has 118 valence electrons. The van der Waals surface area contributed by atoms with Crippen molar-refractivity contribution in [3.63, 3.8) is 0 Å². The number of aromatic nitrogens is 2. The van der Waals surface area contributed by atoms with E-state index in [1.165, 1.54) is 11.3 Å². The summed E-state index contributed by atoms with van der Waals surface area (Å²) < 4.78 is 7.92. The minimum atomic E-state index is -0.930. The number of ether oxygens (including phenoxy) is 1. The Morgan fingerprint density at radius 1 is 1.50 bits per heavy atom. The average molecular weight is 303 g/mol. The minimum absolute atomic E-state index is 0.0608. The quantitative estimate of drug-likeness (QED) is 0.945. The lowest BCUT2D eigenvalue weighted by atomic mass is 10.1. The summed E-state index contributed by atoms with van der Waals surface area (Å²) in [5, 5.41) is 9.01. The third-order valence-electron chi connectivity index (χ3n) is 4.31. The molecule has 0 spiro atoms. The Balaban J connectivity index is 1.93. The van der Waals surface area contributed by atoms with Crippen molar-refractivity contribution in [1.29, 1.82) is 0 Å². The molecular formula is C16H21N3O3. The van der Waals surface area contributed by atoms with Gasteiger partial charge < -0.3 is 19.3 Å². The van der Waals surface area contributed by atoms with E-state index in [9.17, 15) is 4.79 Å². The summed E-state index contributed by atoms with van der Waals surface area (Å²) in [6.45, 7) is 3.15. The number of hydrogen-bond acceptors (Lipinski definition) is 3. The van der Waals surface area contributed by atoms with Crippen LogP contribution in [-0.2, 0) is 11.3 Å². The van der Waals surface area contributed by atoms with E-state index in [4.69, 9.17) is 9.84 Å². The van der Waals surface area contributed by atoms with Crippen LogP contribution in [0.15, 0.2) is 18.5 Å². The molecule has 22 heavy (non-hydrogen) atoms. The van der Waals surface area contributed by atoms with E-state index in [0.717, 1.165) is 41.6 Å². The molecule has 0 saturated carbocycles. The van der Waals surface area contributed by atoms with Crippen molar-refractivity contribution >= 4 is 17.1 Å². The van der Waals surface area contributed by atoms with E-state index in [1.807, 2.05) is 25.4 Å². The van der Waals surface area contributed by atoms with Crippen LogP contribution in [-0.4, -0.2) is 39.3 Å². The summed E-state index contributed by atoms with van der Waals surface area (Å²) in [4.78, 5) is 16.8. The Kier molecular flexibility index (Phi) is 4.02. The zero-order valence-corrected chi connectivity index (χ0v) is 13.0. The van der Waals surface area contributed by atoms with Gasteiger partial charge in [0.2, 0.25) is 0 Å². The van der Waals surface area contributed by atoms with Crippen LogP contribution in [0.5, 0.6) is 0 Å². The first-order valence-corrected chi connectivity index (χ1v) is 7.58. The first-order chi connectivity index (χ1) is 10.6. The van der Waals surface area contributed by atoms with Gasteiger partial charge in [-0.25, -0.2) is 9.78 Å². The zero-order valence-electron chi connectivity index (χ0n) is 13.0. The monoisotopic (exact) mass is 303 g/mol. The van der Waals surface area contributed by atoms with Gasteiger partial charge in [-0.3, -0.25) is 0 Å². The van der Waals surface area contributed by atoms with Gasteiger partial charge in [0.05, 0.1) is 17.4 Å². The lowest BCUT2D eigenvalue weighted by Gasteiger charge is -2.24. The van der Waals surface area contributed by atoms with E-state index in [1.54, 1.807) is 7.05 Å². The summed E-state index contributed by atoms with van der Waals surface area (Å²) in [5.74, 6) is 0. The zero-order chi connectivity index (χ0) is 15.7. The summed E-state index contributed by atoms with van der Waals surface area (Å²) >= 11 is 0. The normalized spacial score (nSPS) is 18.5. The lowest BCUT2D eigenvalue weighted by Crippen LogP contribution is -2.24. The highest BCUT2D eigenvalue weighted by Crippen LogP contribution is 2.28. The van der Waals surface area contributed by atoms with Gasteiger partial charge in [0, 0.05) is 20.2 Å². The third-order valence-corrected chi connectivity index (χ3v) is 4.31. The molecule has 1 atom stereocenters. The number of imidazole rings is 1. The summed E-state index contributed by atoms with van der Waals surface area (Å²) in [5.41, 5.74) is 3.98. The predicted octanol–water partition coefficient (Wildman–Crippen LogP) is 3.15. The fourth-order valence-corrected chi connectivity index (χ4v) is 2.95. The lowest BCUT2D eigenvalue weighted by molar-refractivity contribution is -0.0295. The van der Waals surface area contributed by atoms with E-state index < -0.39 is 6.09 Å². The van der Waals surface area contributed by atoms with E-state index in [-0.39, 0.29) is 6.23 Å². The Bertz CT molecular complexity index is 689. The molecule has 1 aliphatic rings. The molecule has 6 heteroatoms. The molecule has 1 aliphatic heterocycles. The number of carboxylic acid groups (broad SMARTS) is 1. The van der Waals surface area contributed by atoms with Gasteiger partial charge in [0.1, 0.15) is 6.23 Å². The molecule has 3 rings (SSSR count). The van der Waals surface area contributed by atoms with Crippen LogP contribution in [0.25, 0.3) is 11.0 Å². The van der Waals surface area contributed by atoms with Crippen molar-refractivity contribution < 1.29 is 14.6 Å². The van der Waals surface area contributed by atoms with E-state index in [2.05, 4.69) is 9.55 Å². The molecule has 1 aromatic carbocycles. The maximum Gasteiger partial charge on any atom is 0.407 e. The van der Waals surface area contributed by atoms with Gasteiger partial charge in [-0.15, -0.1) is 0 Å². The smallest absolute Gasteiger partial charge is 0.407 e. The van der Waals surface area contributed by atoms with Crippen molar-refractivity contribution in [1.82, 2.24) is 14.5 Å². The maximum absolute atomic E-state index is 11.0. The van der Waals surface area contributed by atoms with Crippen molar-refractivity contribution in [3.05, 3.63) is 29.6 Å². The molecule has 1 unspecified atom stereocenters. The van der Waals surface area contributed by atoms with Gasteiger partial charge in [-0.05, 0) is 43.4 Å². The van der Waals surface area contributed by atoms with Crippen LogP contribution >= 0.6 is 0 Å². The largest absolute Gasteiger partial charge is 0.465 e. The number of carbonyl (C=O) groups is 1. The SMILES string of the molecule is Cc1c(CN(C)C(=O)O)ccc2c1ncn2C1CCCCO1. The van der Waals surface area contributed by atoms with E-state index in [0.29, 0.717) is 6.54 Å². The summed E-state index contributed by atoms with van der Waals surface area (Å²) in [7, 11) is 1.57. The first kappa shape index (κ1) is 14.8. The molecular weight excluding hydrogens is 282 g/mol. The second kappa shape index (κ2) is 5.96. The van der Waals surface area contributed by atoms with Crippen LogP contribution < -0.4 is 0 Å². The van der Waals surface area contributed by atoms with Gasteiger partial charge in [-0.2, -0.15) is 0 Å². The van der Waals surface area contributed by atoms with Gasteiger partial charge >= 0.3 is 6.09 Å². The van der Waals surface area contributed by atoms with Crippen LogP contribution in [0.3, 0.4) is 0 Å². The third kappa shape index (κ3) is 2.66. The molecule has 0 aliphatic carbocycles. The first-order valence-electron chi connectivity index (χ1n) is 7.58. The fraction of sp³-hybridized carbons (Fsp3) is 0.500. The number of fused-ring (bicyclic) bond motifs is 1. The number of rotatable bonds is 3. The van der Waals surface area contributed by atoms with Gasteiger partial charge in [0.25, 0.3) is 0 Å². The molecule has 6 nitrogen and oxygen atoms in total. The highest BCUT2D eigenvalue weighted by atomic mass is 16.5. The minimum Gasteiger partial charge on any atom is -0.465 e. The Hall–Kier alpha value is -2.08. The molecule has 2 heterocycles. The van der Waals surface area contributed by atoms with Crippen molar-refractivity contribution in [2.45, 2.75) is 39.0 Å². The predicted molar refractivity (Wildman–Crippen MR) is 82.8 cm³/mol. The standard InChI is InChI=1S/C16H21N3O3/c1-11-12(9-18(2)16(20)21)6-7-13-15(11)17-10-19(13)14-5-3-4-8-22-14/h6-7,10,14H,3-5,8-9H2,1-2H3,(H,20,21). The molecule has 1 N–H and O–H groups in total. The molecule has 1 saturated heterocycles. The number of aryl methyl sites for hydroxylation is 1. The summed E-state index contributed by atoms with van der Waals surface area (Å²) in [6, 6.07) is 4.00. The molecule has 1 amide bonds. The Morgan fingerprint density at radius 3 is 3.00 bits per heavy atom. The number of hydrogen-bond donors (Lipinski definition) is 1. The topological polar surface area (TPSA) is 67.6 Å². The second-order valence-electron chi connectivity index (χ2n) is 5.83. The number of nitrogens with zero attached hydrogens (tertiary/aromatic N) is 3. The van der Waals surface area contributed by atoms with Gasteiger partial charge in [-0.1, -0.05) is 6.07 Å². The van der Waals surface area contributed by atoms with Crippen LogP contribution in [0.1, 0.15) is 36.6 Å². The van der Waals surface area contributed by atoms with Crippen LogP contribution in [0, 0.1) is 6.92 Å². The highest BCUT2D eigenvalue weighted by Gasteiger charge is 2.19. The summed E-state index contributed by atoms with van der Waals surface area (Å²) in [6.07, 6.45) is 4.26. The molecule has 0 radical (unpaired) electrons. The van der Waals surface area contributed by atoms with Crippen molar-refractivity contribution in [3.8, 4) is 0 Å². The van der Waals surface area contributed by atoms with Gasteiger partial charge in [0.15, 0.2) is 0 Å². The molecule has 0 bridgehead atoms. The fourth-order valence-electron chi connectivity index (χ4n) is 2.95. The Labute approximate surface area is 129 Å². The average Bonchev–Trinajstić information content (AvgIpc) is 2.95. The number of benzene rings is 1. The maximum atomic E-state index is 11.0. The van der Waals surface area contributed by atoms with Crippen molar-refractivity contribution in [2.75, 3.05) is 13.7 Å². The Morgan fingerprint density at radius 2 is 2.32 bits per heavy atom. The van der Waals surface area contributed by atoms with E-state index >= 15 is 0 Å². The molecule has 2 aromatic rings.